The summed E-state index contributed by atoms with van der Waals surface area (Å²) in [5, 5.41) is 0.813. The maximum absolute atomic E-state index is 12.8. The normalized spacial score (nSPS) is 15.5. The van der Waals surface area contributed by atoms with Crippen LogP contribution in [0, 0.1) is 0 Å². The third-order valence-corrected chi connectivity index (χ3v) is 5.80. The first-order chi connectivity index (χ1) is 12.9. The highest BCUT2D eigenvalue weighted by Gasteiger charge is 2.27. The third-order valence-electron chi connectivity index (χ3n) is 4.39. The molecule has 1 heterocycles. The maximum atomic E-state index is 12.8. The van der Waals surface area contributed by atoms with Crippen molar-refractivity contribution in [2.45, 2.75) is 4.90 Å². The SMILES string of the molecule is C[S@](=O)c1ccccc1C(=O)N1CCN(C(=O)c2cc(Cl)cc(Cl)c2)CC1. The summed E-state index contributed by atoms with van der Waals surface area (Å²) in [6.07, 6.45) is 1.55. The van der Waals surface area contributed by atoms with Crippen LogP contribution in [0.4, 0.5) is 0 Å². The van der Waals surface area contributed by atoms with Crippen LogP contribution in [-0.2, 0) is 10.8 Å². The van der Waals surface area contributed by atoms with Crippen LogP contribution in [0.2, 0.25) is 10.0 Å². The molecule has 1 saturated heterocycles. The van der Waals surface area contributed by atoms with Crippen molar-refractivity contribution in [3.8, 4) is 0 Å². The van der Waals surface area contributed by atoms with E-state index in [-0.39, 0.29) is 11.8 Å². The largest absolute Gasteiger partial charge is 0.335 e. The summed E-state index contributed by atoms with van der Waals surface area (Å²) < 4.78 is 11.9. The lowest BCUT2D eigenvalue weighted by molar-refractivity contribution is 0.0533. The molecule has 0 saturated carbocycles. The Labute approximate surface area is 170 Å². The van der Waals surface area contributed by atoms with Gasteiger partial charge in [0.25, 0.3) is 11.8 Å². The highest BCUT2D eigenvalue weighted by atomic mass is 35.5. The molecule has 0 bridgehead atoms. The minimum Gasteiger partial charge on any atom is -0.335 e. The second-order valence-corrected chi connectivity index (χ2v) is 8.41. The highest BCUT2D eigenvalue weighted by Crippen LogP contribution is 2.21. The molecule has 8 heteroatoms. The Morgan fingerprint density at radius 3 is 1.96 bits per heavy atom. The van der Waals surface area contributed by atoms with E-state index in [0.717, 1.165) is 0 Å². The minimum absolute atomic E-state index is 0.165. The van der Waals surface area contributed by atoms with Gasteiger partial charge in [-0.15, -0.1) is 0 Å². The predicted octanol–water partition coefficient (Wildman–Crippen LogP) is 3.33. The van der Waals surface area contributed by atoms with Crippen molar-refractivity contribution in [3.63, 3.8) is 0 Å². The Bertz CT molecular complexity index is 891. The van der Waals surface area contributed by atoms with E-state index >= 15 is 0 Å². The average molecular weight is 425 g/mol. The van der Waals surface area contributed by atoms with Gasteiger partial charge >= 0.3 is 0 Å². The van der Waals surface area contributed by atoms with Crippen LogP contribution in [0.25, 0.3) is 0 Å². The van der Waals surface area contributed by atoms with Crippen LogP contribution in [-0.4, -0.2) is 58.3 Å². The molecule has 0 radical (unpaired) electrons. The van der Waals surface area contributed by atoms with Crippen molar-refractivity contribution in [3.05, 3.63) is 63.6 Å². The number of hydrogen-bond donors (Lipinski definition) is 0. The van der Waals surface area contributed by atoms with Crippen LogP contribution in [0.1, 0.15) is 20.7 Å². The number of amides is 2. The molecule has 0 unspecified atom stereocenters. The molecule has 0 spiro atoms. The fraction of sp³-hybridized carbons (Fsp3) is 0.263. The van der Waals surface area contributed by atoms with E-state index in [9.17, 15) is 13.8 Å². The lowest BCUT2D eigenvalue weighted by atomic mass is 10.1. The third kappa shape index (κ3) is 4.51. The van der Waals surface area contributed by atoms with E-state index in [0.29, 0.717) is 52.2 Å². The van der Waals surface area contributed by atoms with Gasteiger partial charge in [-0.25, -0.2) is 0 Å². The van der Waals surface area contributed by atoms with Crippen LogP contribution in [0.3, 0.4) is 0 Å². The number of rotatable bonds is 3. The van der Waals surface area contributed by atoms with E-state index < -0.39 is 10.8 Å². The summed E-state index contributed by atoms with van der Waals surface area (Å²) in [5.41, 5.74) is 0.874. The topological polar surface area (TPSA) is 57.7 Å². The molecule has 27 heavy (non-hydrogen) atoms. The molecule has 0 aliphatic carbocycles. The van der Waals surface area contributed by atoms with Gasteiger partial charge in [0, 0.05) is 48.0 Å². The van der Waals surface area contributed by atoms with Gasteiger partial charge in [-0.05, 0) is 30.3 Å². The van der Waals surface area contributed by atoms with E-state index in [2.05, 4.69) is 0 Å². The van der Waals surface area contributed by atoms with Crippen molar-refractivity contribution < 1.29 is 13.8 Å². The number of piperazine rings is 1. The summed E-state index contributed by atoms with van der Waals surface area (Å²) in [7, 11) is -1.25. The summed E-state index contributed by atoms with van der Waals surface area (Å²) in [5.74, 6) is -0.333. The van der Waals surface area contributed by atoms with Crippen molar-refractivity contribution in [2.24, 2.45) is 0 Å². The second kappa shape index (κ2) is 8.42. The van der Waals surface area contributed by atoms with E-state index in [4.69, 9.17) is 23.2 Å². The Kier molecular flexibility index (Phi) is 6.19. The number of hydrogen-bond acceptors (Lipinski definition) is 3. The smallest absolute Gasteiger partial charge is 0.255 e. The predicted molar refractivity (Wildman–Crippen MR) is 107 cm³/mol. The first-order valence-electron chi connectivity index (χ1n) is 8.34. The number of carbonyl (C=O) groups excluding carboxylic acids is 2. The standard InChI is InChI=1S/C19H18Cl2N2O3S/c1-27(26)17-5-3-2-4-16(17)19(25)23-8-6-22(7-9-23)18(24)13-10-14(20)12-15(21)11-13/h2-5,10-12H,6-9H2,1H3/t27-/m0/s1. The Hall–Kier alpha value is -1.89. The van der Waals surface area contributed by atoms with Gasteiger partial charge in [-0.1, -0.05) is 35.3 Å². The average Bonchev–Trinajstić information content (AvgIpc) is 2.66. The first-order valence-corrected chi connectivity index (χ1v) is 10.7. The van der Waals surface area contributed by atoms with Gasteiger partial charge < -0.3 is 9.80 Å². The molecule has 2 aromatic rings. The zero-order chi connectivity index (χ0) is 19.6. The van der Waals surface area contributed by atoms with Gasteiger partial charge in [0.15, 0.2) is 0 Å². The van der Waals surface area contributed by atoms with Crippen LogP contribution in [0.15, 0.2) is 47.4 Å². The van der Waals surface area contributed by atoms with E-state index in [1.807, 2.05) is 0 Å². The fourth-order valence-electron chi connectivity index (χ4n) is 3.04. The Balaban J connectivity index is 1.69. The summed E-state index contributed by atoms with van der Waals surface area (Å²) >= 11 is 11.9. The molecule has 0 aromatic heterocycles. The summed E-state index contributed by atoms with van der Waals surface area (Å²) in [6, 6.07) is 11.6. The zero-order valence-electron chi connectivity index (χ0n) is 14.7. The molecule has 142 valence electrons. The molecule has 0 N–H and O–H groups in total. The van der Waals surface area contributed by atoms with Crippen LogP contribution in [0.5, 0.6) is 0 Å². The van der Waals surface area contributed by atoms with Gasteiger partial charge in [-0.3, -0.25) is 13.8 Å². The number of halogens is 2. The molecule has 1 fully saturated rings. The Morgan fingerprint density at radius 1 is 0.889 bits per heavy atom. The lowest BCUT2D eigenvalue weighted by Crippen LogP contribution is -2.50. The monoisotopic (exact) mass is 424 g/mol. The molecule has 5 nitrogen and oxygen atoms in total. The molecular formula is C19H18Cl2N2O3S. The Morgan fingerprint density at radius 2 is 1.41 bits per heavy atom. The van der Waals surface area contributed by atoms with Crippen molar-refractivity contribution >= 4 is 45.8 Å². The lowest BCUT2D eigenvalue weighted by Gasteiger charge is -2.35. The zero-order valence-corrected chi connectivity index (χ0v) is 17.0. The quantitative estimate of drug-likeness (QED) is 0.758. The van der Waals surface area contributed by atoms with E-state index in [1.54, 1.807) is 58.5 Å². The highest BCUT2D eigenvalue weighted by molar-refractivity contribution is 7.84. The summed E-state index contributed by atoms with van der Waals surface area (Å²) in [6.45, 7) is 1.63. The summed E-state index contributed by atoms with van der Waals surface area (Å²) in [4.78, 5) is 29.4. The van der Waals surface area contributed by atoms with Gasteiger partial charge in [0.2, 0.25) is 0 Å². The molecule has 1 aliphatic heterocycles. The minimum atomic E-state index is -1.25. The molecule has 2 amide bonds. The number of nitrogens with zero attached hydrogens (tertiary/aromatic N) is 2. The fourth-order valence-corrected chi connectivity index (χ4v) is 4.30. The van der Waals surface area contributed by atoms with Gasteiger partial charge in [0.1, 0.15) is 0 Å². The first kappa shape index (κ1) is 19.9. The van der Waals surface area contributed by atoms with Crippen LogP contribution < -0.4 is 0 Å². The maximum Gasteiger partial charge on any atom is 0.255 e. The molecule has 3 rings (SSSR count). The van der Waals surface area contributed by atoms with Crippen molar-refractivity contribution in [1.29, 1.82) is 0 Å². The number of carbonyl (C=O) groups is 2. The number of benzene rings is 2. The molecule has 1 aliphatic rings. The molecule has 2 aromatic carbocycles. The van der Waals surface area contributed by atoms with Gasteiger partial charge in [-0.2, -0.15) is 0 Å². The molecular weight excluding hydrogens is 407 g/mol. The van der Waals surface area contributed by atoms with E-state index in [1.165, 1.54) is 0 Å². The molecule has 1 atom stereocenters. The van der Waals surface area contributed by atoms with Crippen molar-refractivity contribution in [1.82, 2.24) is 9.80 Å². The van der Waals surface area contributed by atoms with Crippen LogP contribution >= 0.6 is 23.2 Å². The van der Waals surface area contributed by atoms with Gasteiger partial charge in [0.05, 0.1) is 21.3 Å². The van der Waals surface area contributed by atoms with Crippen molar-refractivity contribution in [2.75, 3.05) is 32.4 Å². The second-order valence-electron chi connectivity index (χ2n) is 6.19.